The van der Waals surface area contributed by atoms with Gasteiger partial charge >= 0.3 is 0 Å². The Balaban J connectivity index is 2.12. The second-order valence-corrected chi connectivity index (χ2v) is 9.30. The molecule has 2 N–H and O–H groups in total. The van der Waals surface area contributed by atoms with Gasteiger partial charge in [-0.15, -0.1) is 0 Å². The van der Waals surface area contributed by atoms with Crippen LogP contribution >= 0.6 is 0 Å². The molecular weight excluding hydrogens is 326 g/mol. The van der Waals surface area contributed by atoms with Crippen molar-refractivity contribution >= 4 is 19.9 Å². The number of pyridine rings is 1. The zero-order chi connectivity index (χ0) is 16.4. The van der Waals surface area contributed by atoms with Gasteiger partial charge in [0, 0.05) is 18.5 Å². The van der Waals surface area contributed by atoms with Crippen molar-refractivity contribution < 1.29 is 16.8 Å². The predicted octanol–water partition coefficient (Wildman–Crippen LogP) is 0.152. The first-order valence-electron chi connectivity index (χ1n) is 7.09. The maximum atomic E-state index is 12.3. The summed E-state index contributed by atoms with van der Waals surface area (Å²) in [6.07, 6.45) is 4.10. The zero-order valence-electron chi connectivity index (χ0n) is 12.6. The van der Waals surface area contributed by atoms with E-state index in [2.05, 4.69) is 15.0 Å². The number of aromatic nitrogens is 1. The number of nitrogens with one attached hydrogen (secondary N) is 2. The molecular formula is C13H21N3O4S2. The molecule has 1 saturated heterocycles. The number of sulfone groups is 1. The maximum absolute atomic E-state index is 12.3. The quantitative estimate of drug-likeness (QED) is 0.786. The van der Waals surface area contributed by atoms with E-state index in [-0.39, 0.29) is 21.9 Å². The Morgan fingerprint density at radius 2 is 2.05 bits per heavy atom. The second-order valence-electron chi connectivity index (χ2n) is 5.62. The van der Waals surface area contributed by atoms with Gasteiger partial charge in [0.05, 0.1) is 0 Å². The highest BCUT2D eigenvalue weighted by molar-refractivity contribution is 7.90. The second kappa shape index (κ2) is 6.61. The highest BCUT2D eigenvalue weighted by atomic mass is 32.2. The van der Waals surface area contributed by atoms with Gasteiger partial charge in [-0.1, -0.05) is 0 Å². The van der Waals surface area contributed by atoms with E-state index >= 15 is 0 Å². The van der Waals surface area contributed by atoms with Gasteiger partial charge in [0.1, 0.15) is 4.90 Å². The van der Waals surface area contributed by atoms with Gasteiger partial charge in [-0.05, 0) is 50.9 Å². The molecule has 2 rings (SSSR count). The Hall–Kier alpha value is -1.03. The Morgan fingerprint density at radius 1 is 1.32 bits per heavy atom. The molecule has 2 atom stereocenters. The summed E-state index contributed by atoms with van der Waals surface area (Å²) < 4.78 is 50.0. The molecule has 0 aliphatic carbocycles. The zero-order valence-corrected chi connectivity index (χ0v) is 14.2. The van der Waals surface area contributed by atoms with Crippen molar-refractivity contribution in [2.24, 2.45) is 5.92 Å². The van der Waals surface area contributed by atoms with Gasteiger partial charge in [-0.3, -0.25) is 0 Å². The first-order valence-corrected chi connectivity index (χ1v) is 10.5. The molecule has 1 aliphatic heterocycles. The SMILES string of the molecule is CC(NS(=O)(=O)c1ccc(S(C)(=O)=O)nc1)C1CCCNC1. The van der Waals surface area contributed by atoms with Crippen molar-refractivity contribution in [2.45, 2.75) is 35.7 Å². The smallest absolute Gasteiger partial charge is 0.242 e. The summed E-state index contributed by atoms with van der Waals surface area (Å²) in [5.74, 6) is 0.242. The third-order valence-electron chi connectivity index (χ3n) is 3.78. The molecule has 2 heterocycles. The molecule has 22 heavy (non-hydrogen) atoms. The van der Waals surface area contributed by atoms with E-state index in [1.807, 2.05) is 6.92 Å². The topological polar surface area (TPSA) is 105 Å². The third kappa shape index (κ3) is 4.25. The highest BCUT2D eigenvalue weighted by Gasteiger charge is 2.25. The summed E-state index contributed by atoms with van der Waals surface area (Å²) in [7, 11) is -7.15. The van der Waals surface area contributed by atoms with Crippen molar-refractivity contribution in [1.82, 2.24) is 15.0 Å². The first-order chi connectivity index (χ1) is 10.2. The molecule has 1 aliphatic rings. The molecule has 0 spiro atoms. The molecule has 1 aromatic rings. The Morgan fingerprint density at radius 3 is 2.55 bits per heavy atom. The Kier molecular flexibility index (Phi) is 5.21. The summed E-state index contributed by atoms with van der Waals surface area (Å²) >= 11 is 0. The lowest BCUT2D eigenvalue weighted by Crippen LogP contribution is -2.44. The average Bonchev–Trinajstić information content (AvgIpc) is 2.47. The summed E-state index contributed by atoms with van der Waals surface area (Å²) in [4.78, 5) is 3.68. The van der Waals surface area contributed by atoms with E-state index in [0.717, 1.165) is 38.4 Å². The van der Waals surface area contributed by atoms with Gasteiger partial charge in [0.15, 0.2) is 14.9 Å². The van der Waals surface area contributed by atoms with E-state index < -0.39 is 19.9 Å². The molecule has 2 unspecified atom stereocenters. The van der Waals surface area contributed by atoms with Crippen LogP contribution in [0, 0.1) is 5.92 Å². The van der Waals surface area contributed by atoms with Gasteiger partial charge in [-0.2, -0.15) is 0 Å². The molecule has 0 radical (unpaired) electrons. The molecule has 0 aromatic carbocycles. The monoisotopic (exact) mass is 347 g/mol. The van der Waals surface area contributed by atoms with Crippen LogP contribution in [0.3, 0.4) is 0 Å². The molecule has 0 amide bonds. The fourth-order valence-corrected chi connectivity index (χ4v) is 4.28. The fraction of sp³-hybridized carbons (Fsp3) is 0.615. The number of hydrogen-bond acceptors (Lipinski definition) is 6. The van der Waals surface area contributed by atoms with Crippen LogP contribution in [0.15, 0.2) is 28.3 Å². The summed E-state index contributed by atoms with van der Waals surface area (Å²) in [6.45, 7) is 3.59. The van der Waals surface area contributed by atoms with Crippen LogP contribution < -0.4 is 10.0 Å². The maximum Gasteiger partial charge on any atom is 0.242 e. The minimum atomic E-state index is -3.71. The van der Waals surface area contributed by atoms with Gasteiger partial charge in [0.25, 0.3) is 0 Å². The lowest BCUT2D eigenvalue weighted by Gasteiger charge is -2.28. The number of sulfonamides is 1. The molecule has 124 valence electrons. The van der Waals surface area contributed by atoms with Gasteiger partial charge in [0.2, 0.25) is 10.0 Å². The molecule has 1 fully saturated rings. The predicted molar refractivity (Wildman–Crippen MR) is 82.7 cm³/mol. The van der Waals surface area contributed by atoms with Crippen molar-refractivity contribution in [3.05, 3.63) is 18.3 Å². The lowest BCUT2D eigenvalue weighted by molar-refractivity contribution is 0.320. The summed E-state index contributed by atoms with van der Waals surface area (Å²) in [5, 5.41) is 3.11. The number of nitrogens with zero attached hydrogens (tertiary/aromatic N) is 1. The molecule has 0 bridgehead atoms. The van der Waals surface area contributed by atoms with Crippen LogP contribution in [0.4, 0.5) is 0 Å². The first kappa shape index (κ1) is 17.3. The van der Waals surface area contributed by atoms with Crippen LogP contribution in [0.2, 0.25) is 0 Å². The highest BCUT2D eigenvalue weighted by Crippen LogP contribution is 2.17. The van der Waals surface area contributed by atoms with Gasteiger partial charge < -0.3 is 5.32 Å². The third-order valence-corrected chi connectivity index (χ3v) is 6.33. The fourth-order valence-electron chi connectivity index (χ4n) is 2.46. The van der Waals surface area contributed by atoms with Crippen LogP contribution in [0.25, 0.3) is 0 Å². The summed E-state index contributed by atoms with van der Waals surface area (Å²) in [6, 6.07) is 2.27. The van der Waals surface area contributed by atoms with Crippen LogP contribution in [-0.4, -0.2) is 47.2 Å². The molecule has 1 aromatic heterocycles. The van der Waals surface area contributed by atoms with Crippen LogP contribution in [0.5, 0.6) is 0 Å². The molecule has 7 nitrogen and oxygen atoms in total. The van der Waals surface area contributed by atoms with Crippen LogP contribution in [-0.2, 0) is 19.9 Å². The van der Waals surface area contributed by atoms with Crippen molar-refractivity contribution in [3.8, 4) is 0 Å². The number of hydrogen-bond donors (Lipinski definition) is 2. The Bertz CT molecular complexity index is 708. The van der Waals surface area contributed by atoms with Crippen molar-refractivity contribution in [3.63, 3.8) is 0 Å². The van der Waals surface area contributed by atoms with Crippen molar-refractivity contribution in [2.75, 3.05) is 19.3 Å². The molecule has 9 heteroatoms. The lowest BCUT2D eigenvalue weighted by atomic mass is 9.94. The van der Waals surface area contributed by atoms with E-state index in [4.69, 9.17) is 0 Å². The van der Waals surface area contributed by atoms with Crippen LogP contribution in [0.1, 0.15) is 19.8 Å². The van der Waals surface area contributed by atoms with E-state index in [9.17, 15) is 16.8 Å². The van der Waals surface area contributed by atoms with Gasteiger partial charge in [-0.25, -0.2) is 26.5 Å². The standard InChI is InChI=1S/C13H21N3O4S2/c1-10(11-4-3-7-14-8-11)16-22(19,20)12-5-6-13(15-9-12)21(2,17)18/h5-6,9-11,14,16H,3-4,7-8H2,1-2H3. The normalized spacial score (nSPS) is 21.5. The molecule has 0 saturated carbocycles. The van der Waals surface area contributed by atoms with Crippen molar-refractivity contribution in [1.29, 1.82) is 0 Å². The number of rotatable bonds is 5. The van der Waals surface area contributed by atoms with E-state index in [1.165, 1.54) is 12.1 Å². The van der Waals surface area contributed by atoms with E-state index in [0.29, 0.717) is 0 Å². The largest absolute Gasteiger partial charge is 0.316 e. The number of piperidine rings is 1. The van der Waals surface area contributed by atoms with E-state index in [1.54, 1.807) is 0 Å². The minimum Gasteiger partial charge on any atom is -0.316 e. The minimum absolute atomic E-state index is 0.0319. The summed E-state index contributed by atoms with van der Waals surface area (Å²) in [5.41, 5.74) is 0. The Labute approximate surface area is 131 Å². The average molecular weight is 347 g/mol.